The zero-order chi connectivity index (χ0) is 14.8. The molecule has 0 fully saturated rings. The third kappa shape index (κ3) is 3.34. The summed E-state index contributed by atoms with van der Waals surface area (Å²) >= 11 is 0. The minimum absolute atomic E-state index is 0.0630. The van der Waals surface area contributed by atoms with Crippen molar-refractivity contribution in [2.24, 2.45) is 0 Å². The molecule has 1 aromatic heterocycles. The first kappa shape index (κ1) is 16.1. The lowest BCUT2D eigenvalue weighted by atomic mass is 10.2. The molecule has 0 spiro atoms. The summed E-state index contributed by atoms with van der Waals surface area (Å²) in [5, 5.41) is 4.23. The van der Waals surface area contributed by atoms with Crippen LogP contribution in [0.15, 0.2) is 6.20 Å². The van der Waals surface area contributed by atoms with Gasteiger partial charge in [-0.2, -0.15) is 22.1 Å². The molecule has 0 saturated heterocycles. The summed E-state index contributed by atoms with van der Waals surface area (Å²) in [5.41, 5.74) is 1.95. The lowest BCUT2D eigenvalue weighted by Crippen LogP contribution is -2.42. The fourth-order valence-corrected chi connectivity index (χ4v) is 3.04. The van der Waals surface area contributed by atoms with E-state index >= 15 is 0 Å². The van der Waals surface area contributed by atoms with Crippen molar-refractivity contribution in [2.45, 2.75) is 46.8 Å². The Morgan fingerprint density at radius 1 is 1.37 bits per heavy atom. The third-order valence-electron chi connectivity index (χ3n) is 3.38. The molecular formula is C12H24N4O2S. The predicted molar refractivity (Wildman–Crippen MR) is 75.9 cm³/mol. The maximum absolute atomic E-state index is 12.3. The van der Waals surface area contributed by atoms with Gasteiger partial charge in [0.1, 0.15) is 0 Å². The van der Waals surface area contributed by atoms with Crippen LogP contribution in [0.3, 0.4) is 0 Å². The van der Waals surface area contributed by atoms with Gasteiger partial charge in [-0.25, -0.2) is 0 Å². The molecule has 110 valence electrons. The fraction of sp³-hybridized carbons (Fsp3) is 0.750. The van der Waals surface area contributed by atoms with Gasteiger partial charge in [0.15, 0.2) is 0 Å². The smallest absolute Gasteiger partial charge is 0.270 e. The summed E-state index contributed by atoms with van der Waals surface area (Å²) < 4.78 is 29.2. The highest BCUT2D eigenvalue weighted by atomic mass is 32.2. The van der Waals surface area contributed by atoms with E-state index in [1.54, 1.807) is 20.3 Å². The summed E-state index contributed by atoms with van der Waals surface area (Å²) in [6, 6.07) is -0.0630. The molecule has 0 unspecified atom stereocenters. The van der Waals surface area contributed by atoms with Crippen molar-refractivity contribution in [3.63, 3.8) is 0 Å². The van der Waals surface area contributed by atoms with Crippen LogP contribution in [0.4, 0.5) is 0 Å². The highest BCUT2D eigenvalue weighted by molar-refractivity contribution is 7.86. The van der Waals surface area contributed by atoms with Crippen LogP contribution in [0.5, 0.6) is 0 Å². The molecule has 0 aliphatic carbocycles. The zero-order valence-electron chi connectivity index (χ0n) is 12.6. The number of nitrogens with zero attached hydrogens (tertiary/aromatic N) is 4. The van der Waals surface area contributed by atoms with Gasteiger partial charge in [0, 0.05) is 44.5 Å². The summed E-state index contributed by atoms with van der Waals surface area (Å²) in [5.74, 6) is 0. The minimum atomic E-state index is -3.42. The highest BCUT2D eigenvalue weighted by Gasteiger charge is 2.26. The highest BCUT2D eigenvalue weighted by Crippen LogP contribution is 2.15. The molecule has 0 aromatic carbocycles. The summed E-state index contributed by atoms with van der Waals surface area (Å²) in [4.78, 5) is 0. The van der Waals surface area contributed by atoms with Crippen molar-refractivity contribution < 1.29 is 8.42 Å². The van der Waals surface area contributed by atoms with E-state index in [4.69, 9.17) is 0 Å². The molecule has 7 heteroatoms. The Bertz CT molecular complexity index is 522. The van der Waals surface area contributed by atoms with E-state index in [2.05, 4.69) is 5.10 Å². The molecular weight excluding hydrogens is 264 g/mol. The van der Waals surface area contributed by atoms with Crippen LogP contribution in [0.25, 0.3) is 0 Å². The van der Waals surface area contributed by atoms with E-state index in [1.165, 1.54) is 8.61 Å². The lowest BCUT2D eigenvalue weighted by Gasteiger charge is -2.26. The van der Waals surface area contributed by atoms with Gasteiger partial charge in [0.2, 0.25) is 0 Å². The van der Waals surface area contributed by atoms with E-state index in [0.29, 0.717) is 6.54 Å². The second-order valence-electron chi connectivity index (χ2n) is 4.94. The van der Waals surface area contributed by atoms with Crippen molar-refractivity contribution in [2.75, 3.05) is 14.1 Å². The van der Waals surface area contributed by atoms with E-state index in [1.807, 2.05) is 32.4 Å². The van der Waals surface area contributed by atoms with Gasteiger partial charge in [-0.3, -0.25) is 4.68 Å². The van der Waals surface area contributed by atoms with Crippen molar-refractivity contribution in [3.05, 3.63) is 17.5 Å². The Hall–Kier alpha value is -0.920. The Kier molecular flexibility index (Phi) is 5.11. The van der Waals surface area contributed by atoms with Gasteiger partial charge in [-0.15, -0.1) is 0 Å². The average Bonchev–Trinajstić information content (AvgIpc) is 2.69. The largest absolute Gasteiger partial charge is 0.282 e. The molecule has 0 aliphatic rings. The Balaban J connectivity index is 2.90. The van der Waals surface area contributed by atoms with Crippen molar-refractivity contribution in [3.8, 4) is 0 Å². The van der Waals surface area contributed by atoms with Crippen LogP contribution in [0.1, 0.15) is 32.0 Å². The molecule has 1 aromatic rings. The second kappa shape index (κ2) is 6.02. The molecule has 6 nitrogen and oxygen atoms in total. The van der Waals surface area contributed by atoms with Crippen LogP contribution >= 0.6 is 0 Å². The number of hydrogen-bond acceptors (Lipinski definition) is 3. The summed E-state index contributed by atoms with van der Waals surface area (Å²) in [6.45, 7) is 8.80. The van der Waals surface area contributed by atoms with Gasteiger partial charge in [-0.05, 0) is 27.7 Å². The third-order valence-corrected chi connectivity index (χ3v) is 5.45. The van der Waals surface area contributed by atoms with Crippen molar-refractivity contribution >= 4 is 10.2 Å². The van der Waals surface area contributed by atoms with E-state index in [-0.39, 0.29) is 6.04 Å². The molecule has 1 heterocycles. The van der Waals surface area contributed by atoms with Crippen molar-refractivity contribution in [1.29, 1.82) is 0 Å². The summed E-state index contributed by atoms with van der Waals surface area (Å²) in [7, 11) is -0.231. The molecule has 19 heavy (non-hydrogen) atoms. The standard InChI is InChI=1S/C12H24N4O2S/c1-7-16-11(4)12(8-13-16)9-14(5)19(17,18)15(6)10(2)3/h8,10H,7,9H2,1-6H3. The number of aryl methyl sites for hydroxylation is 1. The Labute approximate surface area is 116 Å². The first-order chi connectivity index (χ1) is 8.71. The number of aromatic nitrogens is 2. The van der Waals surface area contributed by atoms with Crippen LogP contribution < -0.4 is 0 Å². The minimum Gasteiger partial charge on any atom is -0.270 e. The molecule has 0 saturated carbocycles. The van der Waals surface area contributed by atoms with Crippen LogP contribution in [0.2, 0.25) is 0 Å². The van der Waals surface area contributed by atoms with Gasteiger partial charge in [-0.1, -0.05) is 0 Å². The van der Waals surface area contributed by atoms with E-state index in [9.17, 15) is 8.42 Å². The molecule has 0 atom stereocenters. The maximum Gasteiger partial charge on any atom is 0.282 e. The molecule has 0 amide bonds. The maximum atomic E-state index is 12.3. The zero-order valence-corrected chi connectivity index (χ0v) is 13.4. The topological polar surface area (TPSA) is 58.4 Å². The first-order valence-corrected chi connectivity index (χ1v) is 7.82. The molecule has 0 radical (unpaired) electrons. The first-order valence-electron chi connectivity index (χ1n) is 6.42. The predicted octanol–water partition coefficient (Wildman–Crippen LogP) is 1.23. The SMILES string of the molecule is CCn1ncc(CN(C)S(=O)(=O)N(C)C(C)C)c1C. The van der Waals surface area contributed by atoms with Gasteiger partial charge in [0.25, 0.3) is 10.2 Å². The van der Waals surface area contributed by atoms with E-state index in [0.717, 1.165) is 17.8 Å². The van der Waals surface area contributed by atoms with Crippen molar-refractivity contribution in [1.82, 2.24) is 18.4 Å². The summed E-state index contributed by atoms with van der Waals surface area (Å²) in [6.07, 6.45) is 1.74. The fourth-order valence-electron chi connectivity index (χ4n) is 1.77. The Morgan fingerprint density at radius 2 is 1.95 bits per heavy atom. The molecule has 1 rings (SSSR count). The van der Waals surface area contributed by atoms with Crippen LogP contribution in [0, 0.1) is 6.92 Å². The molecule has 0 N–H and O–H groups in total. The molecule has 0 aliphatic heterocycles. The second-order valence-corrected chi connectivity index (χ2v) is 7.04. The molecule has 0 bridgehead atoms. The van der Waals surface area contributed by atoms with Crippen LogP contribution in [-0.4, -0.2) is 46.9 Å². The number of hydrogen-bond donors (Lipinski definition) is 0. The number of rotatable bonds is 6. The Morgan fingerprint density at radius 3 is 2.37 bits per heavy atom. The normalized spacial score (nSPS) is 12.9. The average molecular weight is 288 g/mol. The quantitative estimate of drug-likeness (QED) is 0.791. The van der Waals surface area contributed by atoms with Crippen LogP contribution in [-0.2, 0) is 23.3 Å². The van der Waals surface area contributed by atoms with E-state index < -0.39 is 10.2 Å². The monoisotopic (exact) mass is 288 g/mol. The van der Waals surface area contributed by atoms with Gasteiger partial charge in [0.05, 0.1) is 6.20 Å². The van der Waals surface area contributed by atoms with Gasteiger partial charge >= 0.3 is 0 Å². The lowest BCUT2D eigenvalue weighted by molar-refractivity contribution is 0.355. The van der Waals surface area contributed by atoms with Gasteiger partial charge < -0.3 is 0 Å².